The van der Waals surface area contributed by atoms with Crippen LogP contribution in [0.15, 0.2) is 58.2 Å². The van der Waals surface area contributed by atoms with Crippen LogP contribution in [0.25, 0.3) is 22.4 Å². The standard InChI is InChI=1S/C32H42N6O5S/c1-4-10-27-29-30(36(3)35-27)32(39)34-31(33-29)26-22-25(13-14-28(26)43-19-5-2)44(40,41)38(23-24-11-7-6-8-12-24)16-9-15-37-17-20-42-21-18-37/h6-8,11-14,22H,4-5,9-10,15-21,23H2,1-3H3,(H,33,34,39). The summed E-state index contributed by atoms with van der Waals surface area (Å²) >= 11 is 0. The molecule has 1 aliphatic rings. The van der Waals surface area contributed by atoms with Crippen LogP contribution in [0, 0.1) is 0 Å². The molecule has 1 saturated heterocycles. The third-order valence-electron chi connectivity index (χ3n) is 7.74. The number of morpholine rings is 1. The van der Waals surface area contributed by atoms with Crippen LogP contribution in [0.1, 0.15) is 44.4 Å². The summed E-state index contributed by atoms with van der Waals surface area (Å²) in [5.74, 6) is 0.703. The van der Waals surface area contributed by atoms with E-state index in [0.29, 0.717) is 61.6 Å². The van der Waals surface area contributed by atoms with E-state index in [-0.39, 0.29) is 22.8 Å². The first-order valence-electron chi connectivity index (χ1n) is 15.4. The third-order valence-corrected chi connectivity index (χ3v) is 9.58. The summed E-state index contributed by atoms with van der Waals surface area (Å²) < 4.78 is 43.2. The Morgan fingerprint density at radius 2 is 1.84 bits per heavy atom. The zero-order valence-corrected chi connectivity index (χ0v) is 26.6. The van der Waals surface area contributed by atoms with Gasteiger partial charge in [-0.25, -0.2) is 13.4 Å². The van der Waals surface area contributed by atoms with E-state index >= 15 is 0 Å². The van der Waals surface area contributed by atoms with Gasteiger partial charge < -0.3 is 14.5 Å². The monoisotopic (exact) mass is 622 g/mol. The molecule has 0 radical (unpaired) electrons. The Morgan fingerprint density at radius 3 is 2.57 bits per heavy atom. The molecule has 0 aliphatic carbocycles. The topological polar surface area (TPSA) is 123 Å². The van der Waals surface area contributed by atoms with Crippen molar-refractivity contribution in [1.29, 1.82) is 0 Å². The fourth-order valence-corrected chi connectivity index (χ4v) is 6.98. The Labute approximate surface area is 258 Å². The molecule has 0 amide bonds. The highest BCUT2D eigenvalue weighted by Gasteiger charge is 2.27. The Bertz CT molecular complexity index is 1710. The number of sulfonamides is 1. The minimum Gasteiger partial charge on any atom is -0.493 e. The minimum absolute atomic E-state index is 0.112. The van der Waals surface area contributed by atoms with Crippen LogP contribution in [-0.4, -0.2) is 83.4 Å². The summed E-state index contributed by atoms with van der Waals surface area (Å²) in [6.45, 7) is 8.95. The van der Waals surface area contributed by atoms with Crippen molar-refractivity contribution in [2.45, 2.75) is 51.0 Å². The van der Waals surface area contributed by atoms with Gasteiger partial charge in [0.15, 0.2) is 5.52 Å². The van der Waals surface area contributed by atoms with Gasteiger partial charge >= 0.3 is 0 Å². The molecular formula is C32H42N6O5S. The second-order valence-electron chi connectivity index (χ2n) is 11.1. The van der Waals surface area contributed by atoms with E-state index in [9.17, 15) is 13.2 Å². The van der Waals surface area contributed by atoms with E-state index in [4.69, 9.17) is 14.5 Å². The van der Waals surface area contributed by atoms with E-state index in [1.165, 1.54) is 4.31 Å². The van der Waals surface area contributed by atoms with Crippen LogP contribution in [0.2, 0.25) is 0 Å². The van der Waals surface area contributed by atoms with Crippen molar-refractivity contribution < 1.29 is 17.9 Å². The maximum Gasteiger partial charge on any atom is 0.277 e. The number of aryl methyl sites for hydroxylation is 2. The molecule has 0 atom stereocenters. The lowest BCUT2D eigenvalue weighted by Gasteiger charge is -2.28. The van der Waals surface area contributed by atoms with Crippen LogP contribution in [0.3, 0.4) is 0 Å². The van der Waals surface area contributed by atoms with Crippen molar-refractivity contribution in [3.63, 3.8) is 0 Å². The molecule has 1 aliphatic heterocycles. The summed E-state index contributed by atoms with van der Waals surface area (Å²) in [7, 11) is -2.21. The SMILES string of the molecule is CCCOc1ccc(S(=O)(=O)N(CCCN2CCOCC2)Cc2ccccc2)cc1-c1nc2c(CCC)nn(C)c2c(=O)[nH]1. The summed E-state index contributed by atoms with van der Waals surface area (Å²) in [5.41, 5.74) is 2.60. The van der Waals surface area contributed by atoms with Gasteiger partial charge in [0, 0.05) is 33.2 Å². The third kappa shape index (κ3) is 7.20. The van der Waals surface area contributed by atoms with Gasteiger partial charge in [-0.1, -0.05) is 50.6 Å². The molecule has 1 fully saturated rings. The fourth-order valence-electron chi connectivity index (χ4n) is 5.49. The van der Waals surface area contributed by atoms with Gasteiger partial charge in [0.1, 0.15) is 17.1 Å². The predicted octanol–water partition coefficient (Wildman–Crippen LogP) is 3.98. The van der Waals surface area contributed by atoms with E-state index in [1.807, 2.05) is 44.2 Å². The van der Waals surface area contributed by atoms with Gasteiger partial charge in [0.2, 0.25) is 10.0 Å². The summed E-state index contributed by atoms with van der Waals surface area (Å²) in [6.07, 6.45) is 2.96. The molecule has 2 aromatic heterocycles. The first-order chi connectivity index (χ1) is 21.3. The van der Waals surface area contributed by atoms with Gasteiger partial charge in [-0.05, 0) is 49.6 Å². The minimum atomic E-state index is -3.94. The lowest BCUT2D eigenvalue weighted by atomic mass is 10.1. The largest absolute Gasteiger partial charge is 0.493 e. The van der Waals surface area contributed by atoms with Crippen LogP contribution in [0.5, 0.6) is 5.75 Å². The molecule has 236 valence electrons. The van der Waals surface area contributed by atoms with Crippen molar-refractivity contribution in [2.24, 2.45) is 7.05 Å². The number of rotatable bonds is 14. The molecular weight excluding hydrogens is 580 g/mol. The van der Waals surface area contributed by atoms with E-state index in [0.717, 1.165) is 43.7 Å². The number of ether oxygens (including phenoxy) is 2. The van der Waals surface area contributed by atoms with Gasteiger partial charge in [0.25, 0.3) is 5.56 Å². The summed E-state index contributed by atoms with van der Waals surface area (Å²) in [5, 5.41) is 4.52. The molecule has 2 aromatic carbocycles. The number of H-pyrrole nitrogens is 1. The number of fused-ring (bicyclic) bond motifs is 1. The molecule has 4 aromatic rings. The van der Waals surface area contributed by atoms with Gasteiger partial charge in [0.05, 0.1) is 36.0 Å². The summed E-state index contributed by atoms with van der Waals surface area (Å²) in [6, 6.07) is 14.4. The van der Waals surface area contributed by atoms with Crippen LogP contribution < -0.4 is 10.3 Å². The van der Waals surface area contributed by atoms with Crippen molar-refractivity contribution in [3.8, 4) is 17.1 Å². The van der Waals surface area contributed by atoms with Crippen LogP contribution in [-0.2, 0) is 34.8 Å². The lowest BCUT2D eigenvalue weighted by molar-refractivity contribution is 0.0368. The Hall–Kier alpha value is -3.58. The van der Waals surface area contributed by atoms with Gasteiger partial charge in [-0.3, -0.25) is 14.4 Å². The molecule has 0 unspecified atom stereocenters. The van der Waals surface area contributed by atoms with Crippen molar-refractivity contribution in [2.75, 3.05) is 46.0 Å². The van der Waals surface area contributed by atoms with Crippen LogP contribution in [0.4, 0.5) is 0 Å². The average molecular weight is 623 g/mol. The Morgan fingerprint density at radius 1 is 1.07 bits per heavy atom. The normalized spacial score (nSPS) is 14.5. The molecule has 0 bridgehead atoms. The Kier molecular flexibility index (Phi) is 10.5. The highest BCUT2D eigenvalue weighted by molar-refractivity contribution is 7.89. The number of hydrogen-bond acceptors (Lipinski definition) is 8. The molecule has 0 spiro atoms. The zero-order valence-electron chi connectivity index (χ0n) is 25.8. The van der Waals surface area contributed by atoms with Crippen molar-refractivity contribution in [3.05, 3.63) is 70.1 Å². The molecule has 1 N–H and O–H groups in total. The van der Waals surface area contributed by atoms with E-state index in [1.54, 1.807) is 29.9 Å². The fraction of sp³-hybridized carbons (Fsp3) is 0.469. The zero-order chi connectivity index (χ0) is 31.1. The number of nitrogens with one attached hydrogen (secondary N) is 1. The average Bonchev–Trinajstić information content (AvgIpc) is 3.35. The Balaban J connectivity index is 1.53. The maximum absolute atomic E-state index is 14.3. The van der Waals surface area contributed by atoms with Crippen molar-refractivity contribution in [1.82, 2.24) is 29.0 Å². The van der Waals surface area contributed by atoms with Crippen LogP contribution >= 0.6 is 0 Å². The molecule has 0 saturated carbocycles. The lowest BCUT2D eigenvalue weighted by Crippen LogP contribution is -2.39. The van der Waals surface area contributed by atoms with Gasteiger partial charge in [-0.2, -0.15) is 9.40 Å². The number of benzene rings is 2. The molecule has 5 rings (SSSR count). The quantitative estimate of drug-likeness (QED) is 0.224. The first-order valence-corrected chi connectivity index (χ1v) is 16.8. The predicted molar refractivity (Wildman–Crippen MR) is 170 cm³/mol. The van der Waals surface area contributed by atoms with Gasteiger partial charge in [-0.15, -0.1) is 0 Å². The highest BCUT2D eigenvalue weighted by atomic mass is 32.2. The molecule has 3 heterocycles. The first kappa shape index (κ1) is 31.8. The van der Waals surface area contributed by atoms with E-state index < -0.39 is 10.0 Å². The molecule has 11 nitrogen and oxygen atoms in total. The number of aromatic nitrogens is 4. The maximum atomic E-state index is 14.3. The van der Waals surface area contributed by atoms with E-state index in [2.05, 4.69) is 15.0 Å². The molecule has 44 heavy (non-hydrogen) atoms. The highest BCUT2D eigenvalue weighted by Crippen LogP contribution is 2.33. The summed E-state index contributed by atoms with van der Waals surface area (Å²) in [4.78, 5) is 23.3. The second-order valence-corrected chi connectivity index (χ2v) is 13.0. The number of aromatic amines is 1. The number of nitrogens with zero attached hydrogens (tertiary/aromatic N) is 5. The smallest absolute Gasteiger partial charge is 0.277 e. The molecule has 12 heteroatoms. The number of hydrogen-bond donors (Lipinski definition) is 1. The second kappa shape index (κ2) is 14.5. The van der Waals surface area contributed by atoms with Crippen molar-refractivity contribution >= 4 is 21.1 Å².